The molecule has 2 aromatic carbocycles. The third-order valence-corrected chi connectivity index (χ3v) is 3.85. The summed E-state index contributed by atoms with van der Waals surface area (Å²) in [6.07, 6.45) is 0.812. The molecule has 0 aromatic heterocycles. The summed E-state index contributed by atoms with van der Waals surface area (Å²) in [6, 6.07) is 9.58. The SMILES string of the molecule is O=[N+]([O-])c1ccc([C@H]2[NH2+]CCc3cc(O)c(O)cc32)cc1. The van der Waals surface area contributed by atoms with Crippen molar-refractivity contribution in [3.8, 4) is 11.5 Å². The number of phenols is 2. The lowest BCUT2D eigenvalue weighted by Crippen LogP contribution is -2.87. The molecule has 1 heterocycles. The van der Waals surface area contributed by atoms with Gasteiger partial charge in [-0.05, 0) is 29.8 Å². The van der Waals surface area contributed by atoms with Crippen molar-refractivity contribution < 1.29 is 20.5 Å². The zero-order valence-corrected chi connectivity index (χ0v) is 11.2. The van der Waals surface area contributed by atoms with Crippen LogP contribution in [0.4, 0.5) is 5.69 Å². The molecule has 108 valence electrons. The van der Waals surface area contributed by atoms with Gasteiger partial charge < -0.3 is 15.5 Å². The van der Waals surface area contributed by atoms with Crippen LogP contribution in [-0.2, 0) is 6.42 Å². The van der Waals surface area contributed by atoms with E-state index in [1.807, 2.05) is 0 Å². The van der Waals surface area contributed by atoms with E-state index in [0.29, 0.717) is 0 Å². The highest BCUT2D eigenvalue weighted by molar-refractivity contribution is 5.49. The quantitative estimate of drug-likeness (QED) is 0.439. The van der Waals surface area contributed by atoms with Crippen molar-refractivity contribution in [3.05, 3.63) is 63.2 Å². The number of aromatic hydroxyl groups is 2. The van der Waals surface area contributed by atoms with Gasteiger partial charge in [0.25, 0.3) is 5.69 Å². The van der Waals surface area contributed by atoms with Gasteiger partial charge in [-0.25, -0.2) is 0 Å². The van der Waals surface area contributed by atoms with Crippen LogP contribution in [0, 0.1) is 10.1 Å². The molecule has 1 aliphatic rings. The number of nitro benzene ring substituents is 1. The Balaban J connectivity index is 2.01. The Morgan fingerprint density at radius 1 is 1.14 bits per heavy atom. The Hall–Kier alpha value is -2.60. The molecule has 3 rings (SSSR count). The molecule has 0 bridgehead atoms. The molecular formula is C15H15N2O4+. The number of nitro groups is 1. The summed E-state index contributed by atoms with van der Waals surface area (Å²) < 4.78 is 0. The number of hydrogen-bond donors (Lipinski definition) is 3. The van der Waals surface area contributed by atoms with Gasteiger partial charge >= 0.3 is 0 Å². The Kier molecular flexibility index (Phi) is 3.23. The van der Waals surface area contributed by atoms with E-state index in [0.717, 1.165) is 29.7 Å². The van der Waals surface area contributed by atoms with Gasteiger partial charge in [-0.1, -0.05) is 0 Å². The first-order chi connectivity index (χ1) is 10.1. The van der Waals surface area contributed by atoms with Gasteiger partial charge in [0.05, 0.1) is 11.5 Å². The largest absolute Gasteiger partial charge is 0.504 e. The number of fused-ring (bicyclic) bond motifs is 1. The lowest BCUT2D eigenvalue weighted by Gasteiger charge is -2.24. The number of phenolic OH excluding ortho intramolecular Hbond substituents is 2. The standard InChI is InChI=1S/C15H14N2O4/c18-13-7-10-5-6-16-15(12(10)8-14(13)19)9-1-3-11(4-2-9)17(20)21/h1-4,7-8,15-16,18-19H,5-6H2/p+1/t15-/m1/s1. The van der Waals surface area contributed by atoms with E-state index < -0.39 is 4.92 Å². The molecule has 0 amide bonds. The van der Waals surface area contributed by atoms with E-state index in [4.69, 9.17) is 0 Å². The van der Waals surface area contributed by atoms with Gasteiger partial charge in [0, 0.05) is 29.7 Å². The minimum absolute atomic E-state index is 0.0268. The highest BCUT2D eigenvalue weighted by Gasteiger charge is 2.26. The van der Waals surface area contributed by atoms with Crippen LogP contribution in [0.5, 0.6) is 11.5 Å². The Morgan fingerprint density at radius 2 is 1.81 bits per heavy atom. The third kappa shape index (κ3) is 2.41. The average Bonchev–Trinajstić information content (AvgIpc) is 2.48. The lowest BCUT2D eigenvalue weighted by molar-refractivity contribution is -0.690. The third-order valence-electron chi connectivity index (χ3n) is 3.85. The maximum atomic E-state index is 10.7. The maximum Gasteiger partial charge on any atom is 0.269 e. The summed E-state index contributed by atoms with van der Waals surface area (Å²) in [5.41, 5.74) is 2.93. The molecule has 21 heavy (non-hydrogen) atoms. The van der Waals surface area contributed by atoms with Crippen LogP contribution in [0.25, 0.3) is 0 Å². The van der Waals surface area contributed by atoms with E-state index in [2.05, 4.69) is 5.32 Å². The molecule has 0 radical (unpaired) electrons. The second-order valence-electron chi connectivity index (χ2n) is 5.14. The smallest absolute Gasteiger partial charge is 0.269 e. The summed E-state index contributed by atoms with van der Waals surface area (Å²) in [5, 5.41) is 32.1. The van der Waals surface area contributed by atoms with Crippen molar-refractivity contribution >= 4 is 5.69 Å². The fraction of sp³-hybridized carbons (Fsp3) is 0.200. The van der Waals surface area contributed by atoms with E-state index in [1.165, 1.54) is 12.1 Å². The van der Waals surface area contributed by atoms with E-state index in [-0.39, 0.29) is 23.2 Å². The molecule has 2 aromatic rings. The summed E-state index contributed by atoms with van der Waals surface area (Å²) in [5.74, 6) is -0.255. The molecule has 4 N–H and O–H groups in total. The van der Waals surface area contributed by atoms with Gasteiger partial charge in [0.1, 0.15) is 6.04 Å². The van der Waals surface area contributed by atoms with Gasteiger partial charge in [0.15, 0.2) is 11.5 Å². The summed E-state index contributed by atoms with van der Waals surface area (Å²) in [4.78, 5) is 10.3. The van der Waals surface area contributed by atoms with Gasteiger partial charge in [-0.2, -0.15) is 0 Å². The maximum absolute atomic E-state index is 10.7. The highest BCUT2D eigenvalue weighted by Crippen LogP contribution is 2.34. The lowest BCUT2D eigenvalue weighted by atomic mass is 9.89. The van der Waals surface area contributed by atoms with Crippen molar-refractivity contribution in [2.45, 2.75) is 12.5 Å². The highest BCUT2D eigenvalue weighted by atomic mass is 16.6. The van der Waals surface area contributed by atoms with Crippen LogP contribution >= 0.6 is 0 Å². The minimum atomic E-state index is -0.424. The first kappa shape index (κ1) is 13.4. The van der Waals surface area contributed by atoms with Crippen LogP contribution in [-0.4, -0.2) is 21.7 Å². The number of non-ortho nitro benzene ring substituents is 1. The van der Waals surface area contributed by atoms with E-state index in [9.17, 15) is 20.3 Å². The van der Waals surface area contributed by atoms with E-state index in [1.54, 1.807) is 24.3 Å². The fourth-order valence-corrected chi connectivity index (χ4v) is 2.79. The Bertz CT molecular complexity index is 698. The summed E-state index contributed by atoms with van der Waals surface area (Å²) in [7, 11) is 0. The predicted octanol–water partition coefficient (Wildman–Crippen LogP) is 1.21. The molecular weight excluding hydrogens is 272 g/mol. The summed E-state index contributed by atoms with van der Waals surface area (Å²) >= 11 is 0. The molecule has 0 spiro atoms. The van der Waals surface area contributed by atoms with Crippen molar-refractivity contribution in [1.82, 2.24) is 0 Å². The normalized spacial score (nSPS) is 17.2. The van der Waals surface area contributed by atoms with Crippen molar-refractivity contribution in [2.24, 2.45) is 0 Å². The molecule has 6 heteroatoms. The first-order valence-corrected chi connectivity index (χ1v) is 6.68. The monoisotopic (exact) mass is 287 g/mol. The number of nitrogens with zero attached hydrogens (tertiary/aromatic N) is 1. The number of benzene rings is 2. The zero-order valence-electron chi connectivity index (χ0n) is 11.2. The van der Waals surface area contributed by atoms with E-state index >= 15 is 0 Å². The number of rotatable bonds is 2. The molecule has 0 unspecified atom stereocenters. The van der Waals surface area contributed by atoms with Crippen LogP contribution in [0.2, 0.25) is 0 Å². The second kappa shape index (κ2) is 5.06. The van der Waals surface area contributed by atoms with Gasteiger partial charge in [-0.15, -0.1) is 0 Å². The van der Waals surface area contributed by atoms with Crippen LogP contribution in [0.1, 0.15) is 22.7 Å². The van der Waals surface area contributed by atoms with Gasteiger partial charge in [0.2, 0.25) is 0 Å². The topological polar surface area (TPSA) is 100 Å². The fourth-order valence-electron chi connectivity index (χ4n) is 2.79. The minimum Gasteiger partial charge on any atom is -0.504 e. The average molecular weight is 287 g/mol. The molecule has 1 aliphatic heterocycles. The Morgan fingerprint density at radius 3 is 2.48 bits per heavy atom. The molecule has 0 fully saturated rings. The van der Waals surface area contributed by atoms with Crippen LogP contribution in [0.15, 0.2) is 36.4 Å². The molecule has 0 saturated carbocycles. The van der Waals surface area contributed by atoms with Crippen molar-refractivity contribution in [2.75, 3.05) is 6.54 Å². The van der Waals surface area contributed by atoms with Crippen LogP contribution in [0.3, 0.4) is 0 Å². The Labute approximate surface area is 120 Å². The number of nitrogens with two attached hydrogens (primary N) is 1. The van der Waals surface area contributed by atoms with Gasteiger partial charge in [-0.3, -0.25) is 10.1 Å². The predicted molar refractivity (Wildman–Crippen MR) is 75.2 cm³/mol. The molecule has 0 aliphatic carbocycles. The molecule has 6 nitrogen and oxygen atoms in total. The van der Waals surface area contributed by atoms with Crippen molar-refractivity contribution in [1.29, 1.82) is 0 Å². The zero-order chi connectivity index (χ0) is 15.0. The van der Waals surface area contributed by atoms with Crippen molar-refractivity contribution in [3.63, 3.8) is 0 Å². The second-order valence-corrected chi connectivity index (χ2v) is 5.14. The molecule has 0 saturated heterocycles. The summed E-state index contributed by atoms with van der Waals surface area (Å²) in [6.45, 7) is 0.860. The number of hydrogen-bond acceptors (Lipinski definition) is 4. The first-order valence-electron chi connectivity index (χ1n) is 6.68. The number of quaternary nitrogens is 1. The molecule has 1 atom stereocenters. The van der Waals surface area contributed by atoms with Crippen LogP contribution < -0.4 is 5.32 Å².